The minimum atomic E-state index is -5.28. The van der Waals surface area contributed by atoms with Crippen molar-refractivity contribution in [1.82, 2.24) is 10.3 Å². The molecule has 11 heteroatoms. The highest BCUT2D eigenvalue weighted by atomic mass is 32.1. The maximum Gasteiger partial charge on any atom is 0.442 e. The highest BCUT2D eigenvalue weighted by Gasteiger charge is 2.63. The smallest absolute Gasteiger partial charge is 0.442 e. The van der Waals surface area contributed by atoms with Crippen LogP contribution in [-0.4, -0.2) is 35.8 Å². The number of alkyl halides is 3. The van der Waals surface area contributed by atoms with Crippen LogP contribution in [0.15, 0.2) is 48.5 Å². The number of hydrogen-bond donors (Lipinski definition) is 2. The molecule has 3 aromatic rings. The molecule has 1 atom stereocenters. The van der Waals surface area contributed by atoms with Crippen molar-refractivity contribution in [1.29, 1.82) is 0 Å². The van der Waals surface area contributed by atoms with Gasteiger partial charge in [0, 0.05) is 0 Å². The zero-order valence-electron chi connectivity index (χ0n) is 15.4. The van der Waals surface area contributed by atoms with Gasteiger partial charge in [0.25, 0.3) is 0 Å². The molecule has 0 aliphatic carbocycles. The van der Waals surface area contributed by atoms with Crippen molar-refractivity contribution < 1.29 is 31.9 Å². The highest BCUT2D eigenvalue weighted by molar-refractivity contribution is 7.22. The first-order valence-corrected chi connectivity index (χ1v) is 9.30. The van der Waals surface area contributed by atoms with Crippen LogP contribution in [0.1, 0.15) is 5.56 Å². The number of esters is 1. The van der Waals surface area contributed by atoms with E-state index >= 15 is 0 Å². The van der Waals surface area contributed by atoms with E-state index < -0.39 is 36.0 Å². The largest absolute Gasteiger partial charge is 0.466 e. The monoisotopic (exact) mass is 441 g/mol. The molecule has 0 bridgehead atoms. The summed E-state index contributed by atoms with van der Waals surface area (Å²) in [6.07, 6.45) is -5.68. The van der Waals surface area contributed by atoms with Gasteiger partial charge in [-0.15, -0.1) is 0 Å². The van der Waals surface area contributed by atoms with E-state index in [1.165, 1.54) is 6.07 Å². The van der Waals surface area contributed by atoms with Crippen molar-refractivity contribution in [2.45, 2.75) is 18.3 Å². The molecule has 3 rings (SSSR count). The molecule has 0 aliphatic rings. The maximum absolute atomic E-state index is 14.1. The van der Waals surface area contributed by atoms with E-state index in [4.69, 9.17) is 0 Å². The molecule has 0 radical (unpaired) electrons. The van der Waals surface area contributed by atoms with E-state index in [9.17, 15) is 27.2 Å². The fourth-order valence-corrected chi connectivity index (χ4v) is 3.64. The lowest BCUT2D eigenvalue weighted by Gasteiger charge is -2.34. The quantitative estimate of drug-likeness (QED) is 0.347. The van der Waals surface area contributed by atoms with Crippen LogP contribution < -0.4 is 10.6 Å². The number of ether oxygens (including phenoxy) is 1. The summed E-state index contributed by atoms with van der Waals surface area (Å²) < 4.78 is 60.1. The number of anilines is 1. The number of amides is 1. The van der Waals surface area contributed by atoms with Crippen LogP contribution in [0.25, 0.3) is 10.2 Å². The molecule has 0 fully saturated rings. The summed E-state index contributed by atoms with van der Waals surface area (Å²) in [5.74, 6) is -3.44. The van der Waals surface area contributed by atoms with E-state index in [1.807, 2.05) is 5.32 Å². The fraction of sp³-hybridized carbons (Fsp3) is 0.211. The van der Waals surface area contributed by atoms with Gasteiger partial charge in [-0.1, -0.05) is 41.7 Å². The molecular weight excluding hydrogens is 426 g/mol. The second-order valence-corrected chi connectivity index (χ2v) is 7.24. The molecule has 158 valence electrons. The van der Waals surface area contributed by atoms with Crippen molar-refractivity contribution >= 4 is 38.6 Å². The Morgan fingerprint density at radius 3 is 2.47 bits per heavy atom. The summed E-state index contributed by atoms with van der Waals surface area (Å²) >= 11 is 0.692. The van der Waals surface area contributed by atoms with Gasteiger partial charge in [0.05, 0.1) is 23.7 Å². The molecule has 0 saturated heterocycles. The predicted molar refractivity (Wildman–Crippen MR) is 102 cm³/mol. The van der Waals surface area contributed by atoms with E-state index in [2.05, 4.69) is 9.72 Å². The van der Waals surface area contributed by atoms with Gasteiger partial charge in [-0.2, -0.15) is 13.2 Å². The van der Waals surface area contributed by atoms with Gasteiger partial charge >= 0.3 is 17.8 Å². The maximum atomic E-state index is 14.1. The van der Waals surface area contributed by atoms with Gasteiger partial charge in [-0.25, -0.2) is 14.2 Å². The number of rotatable bonds is 6. The van der Waals surface area contributed by atoms with Gasteiger partial charge < -0.3 is 15.4 Å². The zero-order valence-corrected chi connectivity index (χ0v) is 16.2. The first-order chi connectivity index (χ1) is 14.1. The van der Waals surface area contributed by atoms with Crippen molar-refractivity contribution in [3.8, 4) is 0 Å². The number of benzene rings is 2. The third kappa shape index (κ3) is 4.35. The second-order valence-electron chi connectivity index (χ2n) is 6.21. The van der Waals surface area contributed by atoms with Crippen LogP contribution in [0.4, 0.5) is 22.7 Å². The second kappa shape index (κ2) is 8.27. The molecule has 6 nitrogen and oxygen atoms in total. The fourth-order valence-electron chi connectivity index (χ4n) is 2.69. The summed E-state index contributed by atoms with van der Waals surface area (Å²) in [4.78, 5) is 28.6. The third-order valence-corrected chi connectivity index (χ3v) is 5.03. The first kappa shape index (κ1) is 21.5. The standard InChI is InChI=1S/C19H15F4N3O3S/c1-29-16(28)18(19(21,22)23,25-15(27)9-11-5-3-2-4-6-11)26-17-24-13-8-7-12(20)10-14(13)30-17/h2-8,10H,9H2,1H3,(H,24,26)(H,25,27). The lowest BCUT2D eigenvalue weighted by molar-refractivity contribution is -0.206. The zero-order chi connectivity index (χ0) is 21.9. The number of thiazole rings is 1. The van der Waals surface area contributed by atoms with Gasteiger partial charge in [0.15, 0.2) is 5.13 Å². The predicted octanol–water partition coefficient (Wildman–Crippen LogP) is 3.64. The number of fused-ring (bicyclic) bond motifs is 1. The molecule has 1 amide bonds. The van der Waals surface area contributed by atoms with Crippen molar-refractivity contribution in [3.63, 3.8) is 0 Å². The topological polar surface area (TPSA) is 80.3 Å². The lowest BCUT2D eigenvalue weighted by Crippen LogP contribution is -2.69. The number of carbonyl (C=O) groups is 2. The molecule has 2 aromatic carbocycles. The van der Waals surface area contributed by atoms with E-state index in [-0.39, 0.29) is 15.3 Å². The number of nitrogens with one attached hydrogen (secondary N) is 2. The van der Waals surface area contributed by atoms with Crippen LogP contribution in [0.5, 0.6) is 0 Å². The Balaban J connectivity index is 1.97. The summed E-state index contributed by atoms with van der Waals surface area (Å²) in [7, 11) is 0.765. The normalized spacial score (nSPS) is 13.5. The lowest BCUT2D eigenvalue weighted by atomic mass is 10.1. The van der Waals surface area contributed by atoms with Crippen LogP contribution in [-0.2, 0) is 20.7 Å². The Kier molecular flexibility index (Phi) is 5.92. The van der Waals surface area contributed by atoms with Crippen LogP contribution in [0.2, 0.25) is 0 Å². The van der Waals surface area contributed by atoms with Gasteiger partial charge in [0.1, 0.15) is 5.82 Å². The first-order valence-electron chi connectivity index (χ1n) is 8.49. The summed E-state index contributed by atoms with van der Waals surface area (Å²) in [6.45, 7) is 0. The number of halogens is 4. The van der Waals surface area contributed by atoms with Crippen molar-refractivity contribution in [2.24, 2.45) is 0 Å². The highest BCUT2D eigenvalue weighted by Crippen LogP contribution is 2.36. The molecule has 1 heterocycles. The number of nitrogens with zero attached hydrogens (tertiary/aromatic N) is 1. The SMILES string of the molecule is COC(=O)C(NC(=O)Cc1ccccc1)(Nc1nc2ccc(F)cc2s1)C(F)(F)F. The Bertz CT molecular complexity index is 1070. The summed E-state index contributed by atoms with van der Waals surface area (Å²) in [6, 6.07) is 11.5. The van der Waals surface area contributed by atoms with Gasteiger partial charge in [-0.3, -0.25) is 4.79 Å². The third-order valence-electron chi connectivity index (χ3n) is 4.10. The summed E-state index contributed by atoms with van der Waals surface area (Å²) in [5.41, 5.74) is -2.91. The van der Waals surface area contributed by atoms with E-state index in [0.29, 0.717) is 16.9 Å². The number of methoxy groups -OCH3 is 1. The average Bonchev–Trinajstić information content (AvgIpc) is 3.07. The van der Waals surface area contributed by atoms with Crippen LogP contribution in [0.3, 0.4) is 0 Å². The van der Waals surface area contributed by atoms with Gasteiger partial charge in [0.2, 0.25) is 5.91 Å². The molecule has 0 spiro atoms. The van der Waals surface area contributed by atoms with Crippen molar-refractivity contribution in [3.05, 3.63) is 59.9 Å². The molecule has 1 unspecified atom stereocenters. The van der Waals surface area contributed by atoms with E-state index in [0.717, 1.165) is 19.2 Å². The Labute approximate surface area is 171 Å². The molecule has 1 aromatic heterocycles. The number of aromatic nitrogens is 1. The summed E-state index contributed by atoms with van der Waals surface area (Å²) in [5, 5.41) is 3.33. The Hall–Kier alpha value is -3.21. The average molecular weight is 441 g/mol. The molecule has 0 aliphatic heterocycles. The minimum Gasteiger partial charge on any atom is -0.466 e. The van der Waals surface area contributed by atoms with Crippen molar-refractivity contribution in [2.75, 3.05) is 12.4 Å². The molecule has 2 N–H and O–H groups in total. The van der Waals surface area contributed by atoms with Crippen LogP contribution >= 0.6 is 11.3 Å². The Morgan fingerprint density at radius 1 is 1.13 bits per heavy atom. The van der Waals surface area contributed by atoms with Crippen LogP contribution in [0, 0.1) is 5.82 Å². The number of hydrogen-bond acceptors (Lipinski definition) is 6. The van der Waals surface area contributed by atoms with Gasteiger partial charge in [-0.05, 0) is 23.8 Å². The number of carbonyl (C=O) groups excluding carboxylic acids is 2. The molecular formula is C19H15F4N3O3S. The Morgan fingerprint density at radius 2 is 1.83 bits per heavy atom. The van der Waals surface area contributed by atoms with E-state index in [1.54, 1.807) is 35.6 Å². The molecule has 30 heavy (non-hydrogen) atoms. The molecule has 0 saturated carbocycles. The minimum absolute atomic E-state index is 0.223.